The van der Waals surface area contributed by atoms with Crippen molar-refractivity contribution in [2.45, 2.75) is 24.8 Å². The Morgan fingerprint density at radius 1 is 1.53 bits per heavy atom. The third-order valence-electron chi connectivity index (χ3n) is 2.07. The molecule has 0 aliphatic carbocycles. The number of aryl methyl sites for hydroxylation is 1. The van der Waals surface area contributed by atoms with E-state index in [1.165, 1.54) is 19.1 Å². The molecule has 96 valence electrons. The van der Waals surface area contributed by atoms with Gasteiger partial charge >= 0.3 is 0 Å². The Balaban J connectivity index is 3.11. The lowest BCUT2D eigenvalue weighted by atomic mass is 10.2. The lowest BCUT2D eigenvalue weighted by Crippen LogP contribution is -2.30. The monoisotopic (exact) mass is 341 g/mol. The van der Waals surface area contributed by atoms with Crippen molar-refractivity contribution in [2.24, 2.45) is 0 Å². The summed E-state index contributed by atoms with van der Waals surface area (Å²) in [6, 6.07) is 3.02. The first kappa shape index (κ1) is 14.9. The molecule has 17 heavy (non-hydrogen) atoms. The first-order valence-corrected chi connectivity index (χ1v) is 7.53. The maximum atomic E-state index is 11.9. The Morgan fingerprint density at radius 2 is 2.12 bits per heavy atom. The number of halogens is 2. The number of benzene rings is 1. The van der Waals surface area contributed by atoms with Crippen molar-refractivity contribution < 1.29 is 13.5 Å². The molecule has 1 atom stereocenters. The van der Waals surface area contributed by atoms with Crippen molar-refractivity contribution in [3.63, 3.8) is 0 Å². The van der Waals surface area contributed by atoms with Gasteiger partial charge in [0.2, 0.25) is 10.0 Å². The van der Waals surface area contributed by atoms with Gasteiger partial charge in [0.1, 0.15) is 4.90 Å². The number of nitrogens with one attached hydrogen (secondary N) is 1. The van der Waals surface area contributed by atoms with E-state index in [1.807, 2.05) is 0 Å². The summed E-state index contributed by atoms with van der Waals surface area (Å²) >= 11 is 9.16. The summed E-state index contributed by atoms with van der Waals surface area (Å²) in [6.07, 6.45) is -0.750. The third-order valence-corrected chi connectivity index (χ3v) is 4.81. The highest BCUT2D eigenvalue weighted by Crippen LogP contribution is 2.28. The van der Waals surface area contributed by atoms with Crippen molar-refractivity contribution in [1.29, 1.82) is 0 Å². The summed E-state index contributed by atoms with van der Waals surface area (Å²) in [4.78, 5) is 0.0144. The zero-order chi connectivity index (χ0) is 13.2. The molecule has 0 saturated carbocycles. The van der Waals surface area contributed by atoms with Crippen molar-refractivity contribution in [1.82, 2.24) is 4.72 Å². The van der Waals surface area contributed by atoms with Crippen molar-refractivity contribution in [2.75, 3.05) is 6.54 Å². The van der Waals surface area contributed by atoms with E-state index in [4.69, 9.17) is 16.7 Å². The lowest BCUT2D eigenvalue weighted by molar-refractivity contribution is 0.198. The molecule has 0 aliphatic heterocycles. The minimum absolute atomic E-state index is 0.0144. The molecule has 1 aromatic rings. The van der Waals surface area contributed by atoms with Gasteiger partial charge in [-0.05, 0) is 31.5 Å². The number of sulfonamides is 1. The highest BCUT2D eigenvalue weighted by Gasteiger charge is 2.19. The van der Waals surface area contributed by atoms with Crippen LogP contribution in [0.3, 0.4) is 0 Å². The molecule has 0 aliphatic rings. The maximum absolute atomic E-state index is 11.9. The van der Waals surface area contributed by atoms with Gasteiger partial charge in [0.25, 0.3) is 0 Å². The van der Waals surface area contributed by atoms with E-state index in [-0.39, 0.29) is 16.5 Å². The predicted octanol–water partition coefficient (Wildman–Crippen LogP) is 2.07. The van der Waals surface area contributed by atoms with Crippen LogP contribution in [0.15, 0.2) is 21.5 Å². The quantitative estimate of drug-likeness (QED) is 0.880. The molecule has 0 unspecified atom stereocenters. The van der Waals surface area contributed by atoms with Crippen LogP contribution in [-0.2, 0) is 10.0 Å². The predicted molar refractivity (Wildman–Crippen MR) is 70.8 cm³/mol. The van der Waals surface area contributed by atoms with Gasteiger partial charge in [-0.1, -0.05) is 27.5 Å². The maximum Gasteiger partial charge on any atom is 0.242 e. The van der Waals surface area contributed by atoms with Crippen LogP contribution in [0.2, 0.25) is 5.02 Å². The van der Waals surface area contributed by atoms with Gasteiger partial charge in [-0.15, -0.1) is 0 Å². The second kappa shape index (κ2) is 5.67. The van der Waals surface area contributed by atoms with Crippen LogP contribution in [-0.4, -0.2) is 26.2 Å². The summed E-state index contributed by atoms with van der Waals surface area (Å²) < 4.78 is 26.8. The molecule has 0 amide bonds. The van der Waals surface area contributed by atoms with Crippen LogP contribution < -0.4 is 4.72 Å². The second-order valence-corrected chi connectivity index (χ2v) is 6.73. The number of hydrogen-bond acceptors (Lipinski definition) is 3. The molecule has 0 aromatic heterocycles. The molecule has 1 rings (SSSR count). The van der Waals surface area contributed by atoms with Gasteiger partial charge in [-0.25, -0.2) is 13.1 Å². The average molecular weight is 343 g/mol. The van der Waals surface area contributed by atoms with Crippen molar-refractivity contribution in [3.8, 4) is 0 Å². The Morgan fingerprint density at radius 3 is 2.65 bits per heavy atom. The molecule has 0 bridgehead atoms. The Kier molecular flexibility index (Phi) is 4.97. The van der Waals surface area contributed by atoms with E-state index >= 15 is 0 Å². The van der Waals surface area contributed by atoms with Crippen LogP contribution in [0.25, 0.3) is 0 Å². The fourth-order valence-electron chi connectivity index (χ4n) is 1.14. The van der Waals surface area contributed by atoms with E-state index in [0.717, 1.165) is 10.0 Å². The zero-order valence-electron chi connectivity index (χ0n) is 9.37. The van der Waals surface area contributed by atoms with E-state index in [9.17, 15) is 8.42 Å². The summed E-state index contributed by atoms with van der Waals surface area (Å²) in [5.74, 6) is 0. The molecular formula is C10H13BrClNO3S. The van der Waals surface area contributed by atoms with Crippen molar-refractivity contribution in [3.05, 3.63) is 27.2 Å². The summed E-state index contributed by atoms with van der Waals surface area (Å²) in [7, 11) is -3.69. The van der Waals surface area contributed by atoms with Crippen molar-refractivity contribution >= 4 is 37.6 Å². The largest absolute Gasteiger partial charge is 0.392 e. The molecule has 7 heteroatoms. The van der Waals surface area contributed by atoms with Gasteiger partial charge in [-0.2, -0.15) is 0 Å². The van der Waals surface area contributed by atoms with E-state index < -0.39 is 16.1 Å². The normalized spacial score (nSPS) is 13.7. The SMILES string of the molecule is Cc1cc(S(=O)(=O)NC[C@H](C)O)c(Cl)cc1Br. The number of rotatable bonds is 4. The first-order chi connectivity index (χ1) is 7.74. The molecule has 1 aromatic carbocycles. The fraction of sp³-hybridized carbons (Fsp3) is 0.400. The van der Waals surface area contributed by atoms with Crippen LogP contribution >= 0.6 is 27.5 Å². The fourth-order valence-corrected chi connectivity index (χ4v) is 3.35. The minimum Gasteiger partial charge on any atom is -0.392 e. The number of hydrogen-bond donors (Lipinski definition) is 2. The van der Waals surface area contributed by atoms with E-state index in [1.54, 1.807) is 6.92 Å². The first-order valence-electron chi connectivity index (χ1n) is 4.87. The lowest BCUT2D eigenvalue weighted by Gasteiger charge is -2.11. The van der Waals surface area contributed by atoms with Gasteiger partial charge in [0.15, 0.2) is 0 Å². The Hall–Kier alpha value is -0.140. The topological polar surface area (TPSA) is 66.4 Å². The van der Waals surface area contributed by atoms with Crippen LogP contribution in [0.1, 0.15) is 12.5 Å². The van der Waals surface area contributed by atoms with E-state index in [2.05, 4.69) is 20.7 Å². The molecule has 0 fully saturated rings. The van der Waals surface area contributed by atoms with Gasteiger partial charge in [0, 0.05) is 11.0 Å². The smallest absolute Gasteiger partial charge is 0.242 e. The molecule has 0 radical (unpaired) electrons. The number of aliphatic hydroxyl groups excluding tert-OH is 1. The Labute approximate surface area is 114 Å². The highest BCUT2D eigenvalue weighted by atomic mass is 79.9. The van der Waals surface area contributed by atoms with Gasteiger partial charge in [0.05, 0.1) is 11.1 Å². The molecule has 2 N–H and O–H groups in total. The summed E-state index contributed by atoms with van der Waals surface area (Å²) in [6.45, 7) is 3.22. The minimum atomic E-state index is -3.69. The average Bonchev–Trinajstić information content (AvgIpc) is 2.20. The zero-order valence-corrected chi connectivity index (χ0v) is 12.5. The van der Waals surface area contributed by atoms with Crippen LogP contribution in [0.4, 0.5) is 0 Å². The van der Waals surface area contributed by atoms with E-state index in [0.29, 0.717) is 0 Å². The highest BCUT2D eigenvalue weighted by molar-refractivity contribution is 9.10. The molecular weight excluding hydrogens is 330 g/mol. The molecule has 4 nitrogen and oxygen atoms in total. The second-order valence-electron chi connectivity index (χ2n) is 3.73. The standard InChI is InChI=1S/C10H13BrClNO3S/c1-6-3-10(9(12)4-8(6)11)17(15,16)13-5-7(2)14/h3-4,7,13-14H,5H2,1-2H3/t7-/m0/s1. The number of aliphatic hydroxyl groups is 1. The van der Waals surface area contributed by atoms with Gasteiger partial charge in [-0.3, -0.25) is 0 Å². The molecule has 0 spiro atoms. The van der Waals surface area contributed by atoms with Crippen LogP contribution in [0.5, 0.6) is 0 Å². The molecule has 0 saturated heterocycles. The van der Waals surface area contributed by atoms with Gasteiger partial charge < -0.3 is 5.11 Å². The molecule has 0 heterocycles. The summed E-state index contributed by atoms with van der Waals surface area (Å²) in [5.41, 5.74) is 0.770. The summed E-state index contributed by atoms with van der Waals surface area (Å²) in [5, 5.41) is 9.20. The van der Waals surface area contributed by atoms with Crippen LogP contribution in [0, 0.1) is 6.92 Å². The third kappa shape index (κ3) is 3.93. The Bertz CT molecular complexity index is 517.